The molecule has 1 N–H and O–H groups in total. The van der Waals surface area contributed by atoms with Crippen LogP contribution >= 0.6 is 11.6 Å². The van der Waals surface area contributed by atoms with Gasteiger partial charge in [0.05, 0.1) is 5.71 Å². The second kappa shape index (κ2) is 4.53. The Balaban J connectivity index is 1.74. The van der Waals surface area contributed by atoms with E-state index in [1.165, 1.54) is 0 Å². The van der Waals surface area contributed by atoms with E-state index < -0.39 is 5.60 Å². The fourth-order valence-electron chi connectivity index (χ4n) is 2.07. The van der Waals surface area contributed by atoms with E-state index in [2.05, 4.69) is 10.5 Å². The van der Waals surface area contributed by atoms with Crippen molar-refractivity contribution in [3.63, 3.8) is 0 Å². The van der Waals surface area contributed by atoms with Crippen LogP contribution in [-0.4, -0.2) is 23.3 Å². The molecule has 5 heteroatoms. The average molecular weight is 279 g/mol. The Labute approximate surface area is 116 Å². The van der Waals surface area contributed by atoms with Crippen LogP contribution in [0.4, 0.5) is 0 Å². The molecule has 1 amide bonds. The van der Waals surface area contributed by atoms with Crippen molar-refractivity contribution in [3.05, 3.63) is 34.9 Å². The van der Waals surface area contributed by atoms with Crippen LogP contribution < -0.4 is 5.32 Å². The molecule has 0 unspecified atom stereocenters. The fourth-order valence-corrected chi connectivity index (χ4v) is 2.31. The second-order valence-electron chi connectivity index (χ2n) is 5.26. The standard InChI is InChI=1S/C14H15ClN2O2/c1-14(13(18)16-9-6-7-9)8-12(17-19-14)10-4-2-3-5-11(10)15/h2-5,9H,6-8H2,1H3,(H,16,18)/t14-/m1/s1. The Kier molecular flexibility index (Phi) is 2.97. The summed E-state index contributed by atoms with van der Waals surface area (Å²) in [6.45, 7) is 1.76. The number of rotatable bonds is 3. The third-order valence-electron chi connectivity index (χ3n) is 3.44. The number of carbonyl (C=O) groups is 1. The zero-order valence-electron chi connectivity index (χ0n) is 10.6. The van der Waals surface area contributed by atoms with Gasteiger partial charge in [0.2, 0.25) is 5.60 Å². The number of benzene rings is 1. The molecule has 100 valence electrons. The van der Waals surface area contributed by atoms with Crippen LogP contribution in [0.2, 0.25) is 5.02 Å². The molecule has 0 bridgehead atoms. The van der Waals surface area contributed by atoms with Crippen LogP contribution in [0.15, 0.2) is 29.4 Å². The summed E-state index contributed by atoms with van der Waals surface area (Å²) >= 11 is 6.13. The predicted molar refractivity (Wildman–Crippen MR) is 73.3 cm³/mol. The van der Waals surface area contributed by atoms with Crippen molar-refractivity contribution in [2.24, 2.45) is 5.16 Å². The maximum atomic E-state index is 12.1. The molecule has 1 saturated carbocycles. The lowest BCUT2D eigenvalue weighted by atomic mass is 9.95. The Hall–Kier alpha value is -1.55. The topological polar surface area (TPSA) is 50.7 Å². The third-order valence-corrected chi connectivity index (χ3v) is 3.77. The first-order chi connectivity index (χ1) is 9.08. The summed E-state index contributed by atoms with van der Waals surface area (Å²) < 4.78 is 0. The smallest absolute Gasteiger partial charge is 0.267 e. The molecule has 1 aromatic rings. The number of amides is 1. The molecule has 1 fully saturated rings. The van der Waals surface area contributed by atoms with Crippen LogP contribution in [-0.2, 0) is 9.63 Å². The number of carbonyl (C=O) groups excluding carboxylic acids is 1. The number of oxime groups is 1. The van der Waals surface area contributed by atoms with E-state index >= 15 is 0 Å². The maximum Gasteiger partial charge on any atom is 0.267 e. The summed E-state index contributed by atoms with van der Waals surface area (Å²) in [6, 6.07) is 7.76. The molecule has 19 heavy (non-hydrogen) atoms. The van der Waals surface area contributed by atoms with E-state index in [-0.39, 0.29) is 5.91 Å². The lowest BCUT2D eigenvalue weighted by Gasteiger charge is -2.20. The molecule has 1 aliphatic carbocycles. The number of nitrogens with zero attached hydrogens (tertiary/aromatic N) is 1. The molecular weight excluding hydrogens is 264 g/mol. The summed E-state index contributed by atoms with van der Waals surface area (Å²) in [5.41, 5.74) is 0.628. The van der Waals surface area contributed by atoms with E-state index in [1.54, 1.807) is 13.0 Å². The summed E-state index contributed by atoms with van der Waals surface area (Å²) in [6.07, 6.45) is 2.55. The first-order valence-corrected chi connectivity index (χ1v) is 6.77. The van der Waals surface area contributed by atoms with Gasteiger partial charge in [-0.1, -0.05) is 35.0 Å². The van der Waals surface area contributed by atoms with E-state index in [4.69, 9.17) is 16.4 Å². The van der Waals surface area contributed by atoms with Gasteiger partial charge in [-0.2, -0.15) is 0 Å². The van der Waals surface area contributed by atoms with Crippen molar-refractivity contribution in [2.45, 2.75) is 37.8 Å². The molecule has 0 spiro atoms. The molecule has 0 aromatic heterocycles. The quantitative estimate of drug-likeness (QED) is 0.923. The summed E-state index contributed by atoms with van der Waals surface area (Å²) in [7, 11) is 0. The van der Waals surface area contributed by atoms with Gasteiger partial charge in [0, 0.05) is 23.0 Å². The first kappa shape index (κ1) is 12.5. The van der Waals surface area contributed by atoms with Gasteiger partial charge in [0.25, 0.3) is 5.91 Å². The molecule has 2 aliphatic rings. The molecule has 4 nitrogen and oxygen atoms in total. The SMILES string of the molecule is C[C@]1(C(=O)NC2CC2)CC(c2ccccc2Cl)=NO1. The van der Waals surface area contributed by atoms with Crippen molar-refractivity contribution in [2.75, 3.05) is 0 Å². The Morgan fingerprint density at radius 2 is 2.21 bits per heavy atom. The van der Waals surface area contributed by atoms with E-state index in [1.807, 2.05) is 18.2 Å². The minimum absolute atomic E-state index is 0.0965. The third kappa shape index (κ3) is 2.45. The van der Waals surface area contributed by atoms with E-state index in [0.717, 1.165) is 24.1 Å². The number of hydrogen-bond donors (Lipinski definition) is 1. The van der Waals surface area contributed by atoms with Crippen LogP contribution in [0.1, 0.15) is 31.7 Å². The van der Waals surface area contributed by atoms with Gasteiger partial charge in [0.15, 0.2) is 0 Å². The fraction of sp³-hybridized carbons (Fsp3) is 0.429. The second-order valence-corrected chi connectivity index (χ2v) is 5.67. The number of nitrogens with one attached hydrogen (secondary N) is 1. The van der Waals surface area contributed by atoms with Gasteiger partial charge < -0.3 is 10.2 Å². The Morgan fingerprint density at radius 1 is 1.47 bits per heavy atom. The average Bonchev–Trinajstić information content (AvgIpc) is 3.11. The van der Waals surface area contributed by atoms with Crippen molar-refractivity contribution in [3.8, 4) is 0 Å². The molecule has 3 rings (SSSR count). The molecule has 1 aliphatic heterocycles. The lowest BCUT2D eigenvalue weighted by Crippen LogP contribution is -2.45. The van der Waals surface area contributed by atoms with Crippen LogP contribution in [0.3, 0.4) is 0 Å². The molecular formula is C14H15ClN2O2. The molecule has 1 atom stereocenters. The van der Waals surface area contributed by atoms with Crippen molar-refractivity contribution in [1.82, 2.24) is 5.32 Å². The Bertz CT molecular complexity index is 554. The minimum Gasteiger partial charge on any atom is -0.379 e. The summed E-state index contributed by atoms with van der Waals surface area (Å²) in [4.78, 5) is 17.5. The highest BCUT2D eigenvalue weighted by Gasteiger charge is 2.44. The highest BCUT2D eigenvalue weighted by molar-refractivity contribution is 6.34. The molecule has 1 heterocycles. The first-order valence-electron chi connectivity index (χ1n) is 6.39. The van der Waals surface area contributed by atoms with Crippen LogP contribution in [0.5, 0.6) is 0 Å². The zero-order chi connectivity index (χ0) is 13.5. The molecule has 0 saturated heterocycles. The predicted octanol–water partition coefficient (Wildman–Crippen LogP) is 2.50. The number of halogens is 1. The lowest BCUT2D eigenvalue weighted by molar-refractivity contribution is -0.141. The van der Waals surface area contributed by atoms with Gasteiger partial charge in [-0.05, 0) is 25.8 Å². The Morgan fingerprint density at radius 3 is 2.89 bits per heavy atom. The van der Waals surface area contributed by atoms with Gasteiger partial charge in [-0.3, -0.25) is 4.79 Å². The van der Waals surface area contributed by atoms with Crippen molar-refractivity contribution in [1.29, 1.82) is 0 Å². The maximum absolute atomic E-state index is 12.1. The van der Waals surface area contributed by atoms with Gasteiger partial charge in [-0.15, -0.1) is 0 Å². The highest BCUT2D eigenvalue weighted by atomic mass is 35.5. The molecule has 1 aromatic carbocycles. The van der Waals surface area contributed by atoms with Crippen LogP contribution in [0, 0.1) is 0 Å². The summed E-state index contributed by atoms with van der Waals surface area (Å²) in [5, 5.41) is 7.61. The van der Waals surface area contributed by atoms with Gasteiger partial charge >= 0.3 is 0 Å². The van der Waals surface area contributed by atoms with Crippen LogP contribution in [0.25, 0.3) is 0 Å². The minimum atomic E-state index is -0.920. The normalized spacial score (nSPS) is 25.7. The van der Waals surface area contributed by atoms with Gasteiger partial charge in [0.1, 0.15) is 0 Å². The van der Waals surface area contributed by atoms with Crippen molar-refractivity contribution >= 4 is 23.2 Å². The largest absolute Gasteiger partial charge is 0.379 e. The van der Waals surface area contributed by atoms with E-state index in [9.17, 15) is 4.79 Å². The highest BCUT2D eigenvalue weighted by Crippen LogP contribution is 2.30. The zero-order valence-corrected chi connectivity index (χ0v) is 11.4. The van der Waals surface area contributed by atoms with Gasteiger partial charge in [-0.25, -0.2) is 0 Å². The van der Waals surface area contributed by atoms with Crippen molar-refractivity contribution < 1.29 is 9.63 Å². The van der Waals surface area contributed by atoms with E-state index in [0.29, 0.717) is 17.5 Å². The number of hydrogen-bond acceptors (Lipinski definition) is 3. The monoisotopic (exact) mass is 278 g/mol. The summed E-state index contributed by atoms with van der Waals surface area (Å²) in [5.74, 6) is -0.0965. The molecule has 0 radical (unpaired) electrons.